The Morgan fingerprint density at radius 3 is 2.86 bits per heavy atom. The lowest BCUT2D eigenvalue weighted by molar-refractivity contribution is -0.116. The lowest BCUT2D eigenvalue weighted by Gasteiger charge is -2.22. The van der Waals surface area contributed by atoms with Gasteiger partial charge < -0.3 is 10.6 Å². The Kier molecular flexibility index (Phi) is 5.42. The van der Waals surface area contributed by atoms with Gasteiger partial charge in [0.05, 0.1) is 11.1 Å². The Bertz CT molecular complexity index is 643. The van der Waals surface area contributed by atoms with E-state index in [-0.39, 0.29) is 18.3 Å². The van der Waals surface area contributed by atoms with Crippen LogP contribution < -0.4 is 10.6 Å². The van der Waals surface area contributed by atoms with Crippen molar-refractivity contribution in [2.24, 2.45) is 13.0 Å². The van der Waals surface area contributed by atoms with E-state index in [1.54, 1.807) is 4.68 Å². The predicted molar refractivity (Wildman–Crippen MR) is 88.3 cm³/mol. The molecule has 0 radical (unpaired) electrons. The van der Waals surface area contributed by atoms with E-state index >= 15 is 0 Å². The SMILES string of the molecule is Cc1nn(C)c2n[nH]c(NC(=O)CCC3CCNCC3)c12.Cl. The zero-order valence-corrected chi connectivity index (χ0v) is 13.8. The van der Waals surface area contributed by atoms with Crippen LogP contribution in [0.15, 0.2) is 0 Å². The predicted octanol–water partition coefficient (Wildman–Crippen LogP) is 1.74. The molecule has 1 amide bonds. The molecule has 7 nitrogen and oxygen atoms in total. The molecule has 122 valence electrons. The molecule has 3 N–H and O–H groups in total. The van der Waals surface area contributed by atoms with E-state index in [1.807, 2.05) is 14.0 Å². The Morgan fingerprint density at radius 1 is 1.41 bits per heavy atom. The minimum absolute atomic E-state index is 0. The number of piperidine rings is 1. The Hall–Kier alpha value is -1.60. The van der Waals surface area contributed by atoms with Gasteiger partial charge in [0, 0.05) is 13.5 Å². The number of carbonyl (C=O) groups is 1. The molecule has 0 aromatic carbocycles. The molecular weight excluding hydrogens is 304 g/mol. The number of H-pyrrole nitrogens is 1. The maximum absolute atomic E-state index is 12.1. The van der Waals surface area contributed by atoms with Crippen molar-refractivity contribution in [1.82, 2.24) is 25.3 Å². The molecule has 22 heavy (non-hydrogen) atoms. The summed E-state index contributed by atoms with van der Waals surface area (Å²) in [5.74, 6) is 1.37. The van der Waals surface area contributed by atoms with Gasteiger partial charge in [0.2, 0.25) is 5.91 Å². The summed E-state index contributed by atoms with van der Waals surface area (Å²) in [5, 5.41) is 18.6. The molecule has 0 bridgehead atoms. The van der Waals surface area contributed by atoms with Crippen molar-refractivity contribution >= 4 is 35.2 Å². The third-order valence-electron chi connectivity index (χ3n) is 4.22. The van der Waals surface area contributed by atoms with Crippen molar-refractivity contribution in [1.29, 1.82) is 0 Å². The summed E-state index contributed by atoms with van der Waals surface area (Å²) in [6.45, 7) is 4.06. The summed E-state index contributed by atoms with van der Waals surface area (Å²) in [6.07, 6.45) is 3.86. The van der Waals surface area contributed by atoms with E-state index in [9.17, 15) is 4.79 Å². The number of hydrogen-bond acceptors (Lipinski definition) is 4. The minimum Gasteiger partial charge on any atom is -0.317 e. The molecule has 0 spiro atoms. The molecule has 0 saturated carbocycles. The number of carbonyl (C=O) groups excluding carboxylic acids is 1. The van der Waals surface area contributed by atoms with Gasteiger partial charge in [-0.2, -0.15) is 10.2 Å². The molecule has 3 rings (SSSR count). The first kappa shape index (κ1) is 16.8. The summed E-state index contributed by atoms with van der Waals surface area (Å²) in [7, 11) is 1.85. The quantitative estimate of drug-likeness (QED) is 0.798. The third kappa shape index (κ3) is 3.41. The van der Waals surface area contributed by atoms with Crippen LogP contribution in [-0.4, -0.2) is 39.0 Å². The van der Waals surface area contributed by atoms with Gasteiger partial charge in [0.1, 0.15) is 5.82 Å². The first-order valence-electron chi connectivity index (χ1n) is 7.53. The summed E-state index contributed by atoms with van der Waals surface area (Å²) >= 11 is 0. The number of rotatable bonds is 4. The Labute approximate surface area is 135 Å². The molecule has 0 atom stereocenters. The molecule has 1 aliphatic rings. The first-order chi connectivity index (χ1) is 10.1. The summed E-state index contributed by atoms with van der Waals surface area (Å²) in [5.41, 5.74) is 1.64. The second-order valence-electron chi connectivity index (χ2n) is 5.79. The number of anilines is 1. The molecule has 0 unspecified atom stereocenters. The van der Waals surface area contributed by atoms with Crippen molar-refractivity contribution in [3.63, 3.8) is 0 Å². The molecule has 2 aromatic heterocycles. The molecule has 0 aliphatic carbocycles. The van der Waals surface area contributed by atoms with Crippen molar-refractivity contribution in [3.05, 3.63) is 5.69 Å². The van der Waals surface area contributed by atoms with Gasteiger partial charge in [-0.25, -0.2) is 4.68 Å². The van der Waals surface area contributed by atoms with Gasteiger partial charge in [-0.3, -0.25) is 9.89 Å². The van der Waals surface area contributed by atoms with Crippen LogP contribution >= 0.6 is 12.4 Å². The van der Waals surface area contributed by atoms with Gasteiger partial charge in [-0.15, -0.1) is 12.4 Å². The summed E-state index contributed by atoms with van der Waals surface area (Å²) < 4.78 is 1.71. The Morgan fingerprint density at radius 2 is 2.14 bits per heavy atom. The van der Waals surface area contributed by atoms with Crippen LogP contribution in [0.3, 0.4) is 0 Å². The fourth-order valence-corrected chi connectivity index (χ4v) is 3.03. The van der Waals surface area contributed by atoms with Crippen LogP contribution in [-0.2, 0) is 11.8 Å². The summed E-state index contributed by atoms with van der Waals surface area (Å²) in [6, 6.07) is 0. The normalized spacial score (nSPS) is 15.7. The molecule has 1 saturated heterocycles. The lowest BCUT2D eigenvalue weighted by Crippen LogP contribution is -2.28. The van der Waals surface area contributed by atoms with E-state index in [0.717, 1.165) is 36.2 Å². The second kappa shape index (κ2) is 7.11. The monoisotopic (exact) mass is 326 g/mol. The zero-order valence-electron chi connectivity index (χ0n) is 13.0. The highest BCUT2D eigenvalue weighted by Crippen LogP contribution is 2.24. The second-order valence-corrected chi connectivity index (χ2v) is 5.79. The maximum atomic E-state index is 12.1. The van der Waals surface area contributed by atoms with Gasteiger partial charge in [-0.1, -0.05) is 0 Å². The number of fused-ring (bicyclic) bond motifs is 1. The Balaban J connectivity index is 0.00000176. The highest BCUT2D eigenvalue weighted by atomic mass is 35.5. The average molecular weight is 327 g/mol. The van der Waals surface area contributed by atoms with Crippen LogP contribution in [0.25, 0.3) is 11.0 Å². The number of aryl methyl sites for hydroxylation is 2. The highest BCUT2D eigenvalue weighted by molar-refractivity contribution is 5.99. The number of amides is 1. The number of halogens is 1. The standard InChI is InChI=1S/C14H22N6O.ClH/c1-9-12-13(17-18-14(12)20(2)19-9)16-11(21)4-3-10-5-7-15-8-6-10;/h10,15H,3-8H2,1-2H3,(H2,16,17,18,21);1H. The van der Waals surface area contributed by atoms with E-state index < -0.39 is 0 Å². The van der Waals surface area contributed by atoms with Crippen molar-refractivity contribution in [2.45, 2.75) is 32.6 Å². The molecular formula is C14H23ClN6O. The summed E-state index contributed by atoms with van der Waals surface area (Å²) in [4.78, 5) is 12.1. The zero-order chi connectivity index (χ0) is 14.8. The molecule has 1 aliphatic heterocycles. The van der Waals surface area contributed by atoms with Crippen LogP contribution in [0.5, 0.6) is 0 Å². The van der Waals surface area contributed by atoms with E-state index in [4.69, 9.17) is 0 Å². The van der Waals surface area contributed by atoms with Crippen molar-refractivity contribution in [2.75, 3.05) is 18.4 Å². The number of aromatic nitrogens is 4. The number of nitrogens with one attached hydrogen (secondary N) is 3. The third-order valence-corrected chi connectivity index (χ3v) is 4.22. The van der Waals surface area contributed by atoms with Gasteiger partial charge >= 0.3 is 0 Å². The smallest absolute Gasteiger partial charge is 0.225 e. The number of hydrogen-bond donors (Lipinski definition) is 3. The van der Waals surface area contributed by atoms with Crippen LogP contribution in [0.1, 0.15) is 31.4 Å². The lowest BCUT2D eigenvalue weighted by atomic mass is 9.93. The minimum atomic E-state index is 0. The van der Waals surface area contributed by atoms with Crippen LogP contribution in [0, 0.1) is 12.8 Å². The van der Waals surface area contributed by atoms with E-state index in [1.165, 1.54) is 12.8 Å². The molecule has 1 fully saturated rings. The van der Waals surface area contributed by atoms with Gasteiger partial charge in [0.25, 0.3) is 0 Å². The molecule has 8 heteroatoms. The van der Waals surface area contributed by atoms with Gasteiger partial charge in [-0.05, 0) is 45.2 Å². The fourth-order valence-electron chi connectivity index (χ4n) is 3.03. The number of nitrogens with zero attached hydrogens (tertiary/aromatic N) is 3. The van der Waals surface area contributed by atoms with E-state index in [2.05, 4.69) is 25.9 Å². The van der Waals surface area contributed by atoms with E-state index in [0.29, 0.717) is 18.2 Å². The van der Waals surface area contributed by atoms with Crippen molar-refractivity contribution in [3.8, 4) is 0 Å². The number of aromatic amines is 1. The molecule has 3 heterocycles. The van der Waals surface area contributed by atoms with Crippen molar-refractivity contribution < 1.29 is 4.79 Å². The average Bonchev–Trinajstić information content (AvgIpc) is 3.01. The maximum Gasteiger partial charge on any atom is 0.225 e. The first-order valence-corrected chi connectivity index (χ1v) is 7.53. The van der Waals surface area contributed by atoms with Gasteiger partial charge in [0.15, 0.2) is 5.65 Å². The largest absolute Gasteiger partial charge is 0.317 e. The molecule has 2 aromatic rings. The fraction of sp³-hybridized carbons (Fsp3) is 0.643. The topological polar surface area (TPSA) is 87.6 Å². The van der Waals surface area contributed by atoms with Crippen LogP contribution in [0.4, 0.5) is 5.82 Å². The van der Waals surface area contributed by atoms with Crippen LogP contribution in [0.2, 0.25) is 0 Å². The highest BCUT2D eigenvalue weighted by Gasteiger charge is 2.17.